The Labute approximate surface area is 179 Å². The Bertz CT molecular complexity index is 1140. The third kappa shape index (κ3) is 4.94. The van der Waals surface area contributed by atoms with Crippen LogP contribution in [0.25, 0.3) is 11.0 Å². The topological polar surface area (TPSA) is 88.8 Å². The third-order valence-electron chi connectivity index (χ3n) is 5.50. The number of rotatable bonds is 5. The van der Waals surface area contributed by atoms with E-state index < -0.39 is 24.1 Å². The number of piperidine rings is 1. The van der Waals surface area contributed by atoms with Gasteiger partial charge in [0.05, 0.1) is 0 Å². The largest absolute Gasteiger partial charge is 0.452 e. The molecule has 1 fully saturated rings. The van der Waals surface area contributed by atoms with Crippen LogP contribution in [0.3, 0.4) is 0 Å². The van der Waals surface area contributed by atoms with Crippen LogP contribution in [0.1, 0.15) is 30.1 Å². The molecule has 3 aromatic rings. The number of ether oxygens (including phenoxy) is 1. The van der Waals surface area contributed by atoms with Crippen molar-refractivity contribution >= 4 is 34.2 Å². The van der Waals surface area contributed by atoms with E-state index in [1.807, 2.05) is 24.3 Å². The van der Waals surface area contributed by atoms with Crippen molar-refractivity contribution in [3.05, 3.63) is 70.6 Å². The number of carbonyl (C=O) groups is 2. The minimum Gasteiger partial charge on any atom is -0.452 e. The number of carbonyl (C=O) groups excluding carboxylic acids is 2. The SMILES string of the molecule is CC1CCN(c2ccc(NC(=O)COC(=O)c3cc4ccccc4oc3=O)cc2)CC1. The first kappa shape index (κ1) is 20.7. The molecule has 2 aromatic carbocycles. The van der Waals surface area contributed by atoms with Gasteiger partial charge in [0.2, 0.25) is 0 Å². The van der Waals surface area contributed by atoms with Crippen molar-refractivity contribution in [1.29, 1.82) is 0 Å². The normalized spacial score (nSPS) is 14.4. The van der Waals surface area contributed by atoms with Crippen LogP contribution in [-0.4, -0.2) is 31.6 Å². The van der Waals surface area contributed by atoms with Gasteiger partial charge in [-0.3, -0.25) is 4.79 Å². The van der Waals surface area contributed by atoms with Gasteiger partial charge in [-0.15, -0.1) is 0 Å². The predicted molar refractivity (Wildman–Crippen MR) is 118 cm³/mol. The van der Waals surface area contributed by atoms with Gasteiger partial charge in [0.25, 0.3) is 5.91 Å². The molecule has 4 rings (SSSR count). The monoisotopic (exact) mass is 420 g/mol. The Kier molecular flexibility index (Phi) is 6.02. The highest BCUT2D eigenvalue weighted by Gasteiger charge is 2.18. The van der Waals surface area contributed by atoms with E-state index in [9.17, 15) is 14.4 Å². The van der Waals surface area contributed by atoms with Gasteiger partial charge in [-0.2, -0.15) is 0 Å². The standard InChI is InChI=1S/C24H24N2O5/c1-16-10-12-26(13-11-16)19-8-6-18(7-9-19)25-22(27)15-30-23(28)20-14-17-4-2-3-5-21(17)31-24(20)29/h2-9,14,16H,10-13,15H2,1H3,(H,25,27). The van der Waals surface area contributed by atoms with E-state index in [0.29, 0.717) is 16.7 Å². The Morgan fingerprint density at radius 3 is 2.55 bits per heavy atom. The van der Waals surface area contributed by atoms with Crippen molar-refractivity contribution in [3.63, 3.8) is 0 Å². The molecule has 0 spiro atoms. The molecule has 2 heterocycles. The molecular weight excluding hydrogens is 396 g/mol. The van der Waals surface area contributed by atoms with Crippen LogP contribution in [0.15, 0.2) is 63.8 Å². The zero-order chi connectivity index (χ0) is 21.8. The van der Waals surface area contributed by atoms with Gasteiger partial charge in [0.15, 0.2) is 6.61 Å². The molecule has 0 saturated carbocycles. The van der Waals surface area contributed by atoms with Crippen LogP contribution in [0, 0.1) is 5.92 Å². The highest BCUT2D eigenvalue weighted by molar-refractivity contribution is 5.96. The summed E-state index contributed by atoms with van der Waals surface area (Å²) in [5, 5.41) is 3.29. The molecule has 1 aliphatic heterocycles. The Morgan fingerprint density at radius 2 is 1.81 bits per heavy atom. The van der Waals surface area contributed by atoms with Gasteiger partial charge in [-0.05, 0) is 55.2 Å². The lowest BCUT2D eigenvalue weighted by atomic mass is 9.99. The number of nitrogens with one attached hydrogen (secondary N) is 1. The zero-order valence-corrected chi connectivity index (χ0v) is 17.3. The average molecular weight is 420 g/mol. The number of hydrogen-bond donors (Lipinski definition) is 1. The summed E-state index contributed by atoms with van der Waals surface area (Å²) in [4.78, 5) is 38.8. The highest BCUT2D eigenvalue weighted by atomic mass is 16.5. The van der Waals surface area contributed by atoms with E-state index in [0.717, 1.165) is 24.7 Å². The maximum absolute atomic E-state index is 12.2. The van der Waals surface area contributed by atoms with Crippen molar-refractivity contribution in [3.8, 4) is 0 Å². The Balaban J connectivity index is 1.32. The molecule has 7 heteroatoms. The molecule has 0 aliphatic carbocycles. The smallest absolute Gasteiger partial charge is 0.351 e. The van der Waals surface area contributed by atoms with Gasteiger partial charge in [0, 0.05) is 29.9 Å². The molecule has 7 nitrogen and oxygen atoms in total. The summed E-state index contributed by atoms with van der Waals surface area (Å²) in [6.45, 7) is 3.84. The Hall–Kier alpha value is -3.61. The second kappa shape index (κ2) is 9.04. The van der Waals surface area contributed by atoms with Crippen molar-refractivity contribution in [2.24, 2.45) is 5.92 Å². The molecule has 1 saturated heterocycles. The number of benzene rings is 2. The number of hydrogen-bond acceptors (Lipinski definition) is 6. The van der Waals surface area contributed by atoms with Crippen molar-refractivity contribution in [2.75, 3.05) is 29.9 Å². The molecule has 0 atom stereocenters. The maximum atomic E-state index is 12.2. The van der Waals surface area contributed by atoms with E-state index in [2.05, 4.69) is 17.1 Å². The first-order chi connectivity index (χ1) is 15.0. The lowest BCUT2D eigenvalue weighted by Crippen LogP contribution is -2.32. The van der Waals surface area contributed by atoms with Crippen LogP contribution < -0.4 is 15.8 Å². The fraction of sp³-hybridized carbons (Fsp3) is 0.292. The van der Waals surface area contributed by atoms with Gasteiger partial charge in [0.1, 0.15) is 11.1 Å². The second-order valence-electron chi connectivity index (χ2n) is 7.83. The quantitative estimate of drug-likeness (QED) is 0.499. The minimum absolute atomic E-state index is 0.244. The zero-order valence-electron chi connectivity index (χ0n) is 17.3. The molecular formula is C24H24N2O5. The summed E-state index contributed by atoms with van der Waals surface area (Å²) in [5.74, 6) is -0.624. The molecule has 31 heavy (non-hydrogen) atoms. The fourth-order valence-corrected chi connectivity index (χ4v) is 3.63. The number of amides is 1. The van der Waals surface area contributed by atoms with E-state index in [4.69, 9.17) is 9.15 Å². The molecule has 1 N–H and O–H groups in total. The second-order valence-corrected chi connectivity index (χ2v) is 7.83. The third-order valence-corrected chi connectivity index (χ3v) is 5.50. The summed E-state index contributed by atoms with van der Waals surface area (Å²) in [5.41, 5.74) is 1.07. The minimum atomic E-state index is -0.899. The van der Waals surface area contributed by atoms with E-state index >= 15 is 0 Å². The number of anilines is 2. The van der Waals surface area contributed by atoms with Crippen LogP contribution >= 0.6 is 0 Å². The first-order valence-corrected chi connectivity index (χ1v) is 10.3. The van der Waals surface area contributed by atoms with Crippen molar-refractivity contribution in [2.45, 2.75) is 19.8 Å². The average Bonchev–Trinajstić information content (AvgIpc) is 2.78. The van der Waals surface area contributed by atoms with Gasteiger partial charge in [-0.1, -0.05) is 25.1 Å². The molecule has 0 unspecified atom stereocenters. The summed E-state index contributed by atoms with van der Waals surface area (Å²) < 4.78 is 10.1. The number of fused-ring (bicyclic) bond motifs is 1. The predicted octanol–water partition coefficient (Wildman–Crippen LogP) is 3.82. The van der Waals surface area contributed by atoms with Crippen LogP contribution in [0.4, 0.5) is 11.4 Å². The van der Waals surface area contributed by atoms with E-state index in [-0.39, 0.29) is 5.56 Å². The summed E-state index contributed by atoms with van der Waals surface area (Å²) in [7, 11) is 0. The molecule has 160 valence electrons. The fourth-order valence-electron chi connectivity index (χ4n) is 3.63. The van der Waals surface area contributed by atoms with Crippen LogP contribution in [0.2, 0.25) is 0 Å². The van der Waals surface area contributed by atoms with Crippen molar-refractivity contribution < 1.29 is 18.7 Å². The molecule has 0 radical (unpaired) electrons. The molecule has 1 amide bonds. The molecule has 0 bridgehead atoms. The van der Waals surface area contributed by atoms with Gasteiger partial charge in [-0.25, -0.2) is 9.59 Å². The highest BCUT2D eigenvalue weighted by Crippen LogP contribution is 2.24. The van der Waals surface area contributed by atoms with Crippen molar-refractivity contribution in [1.82, 2.24) is 0 Å². The lowest BCUT2D eigenvalue weighted by molar-refractivity contribution is -0.119. The molecule has 1 aliphatic rings. The van der Waals surface area contributed by atoms with Gasteiger partial charge >= 0.3 is 11.6 Å². The molecule has 1 aromatic heterocycles. The summed E-state index contributed by atoms with van der Waals surface area (Å²) >= 11 is 0. The van der Waals surface area contributed by atoms with E-state index in [1.54, 1.807) is 24.3 Å². The van der Waals surface area contributed by atoms with E-state index in [1.165, 1.54) is 18.9 Å². The first-order valence-electron chi connectivity index (χ1n) is 10.3. The summed E-state index contributed by atoms with van der Waals surface area (Å²) in [6, 6.07) is 15.8. The number of para-hydroxylation sites is 1. The maximum Gasteiger partial charge on any atom is 0.351 e. The summed E-state index contributed by atoms with van der Waals surface area (Å²) in [6.07, 6.45) is 2.36. The number of esters is 1. The lowest BCUT2D eigenvalue weighted by Gasteiger charge is -2.32. The van der Waals surface area contributed by atoms with Crippen LogP contribution in [-0.2, 0) is 9.53 Å². The number of nitrogens with zero attached hydrogens (tertiary/aromatic N) is 1. The Morgan fingerprint density at radius 1 is 1.10 bits per heavy atom. The van der Waals surface area contributed by atoms with Crippen LogP contribution in [0.5, 0.6) is 0 Å². The van der Waals surface area contributed by atoms with Gasteiger partial charge < -0.3 is 19.4 Å².